The Morgan fingerprint density at radius 3 is 2.80 bits per heavy atom. The van der Waals surface area contributed by atoms with E-state index in [0.717, 1.165) is 25.5 Å². The van der Waals surface area contributed by atoms with Crippen LogP contribution in [0.4, 0.5) is 0 Å². The van der Waals surface area contributed by atoms with Gasteiger partial charge in [0.1, 0.15) is 0 Å². The van der Waals surface area contributed by atoms with Gasteiger partial charge in [-0.1, -0.05) is 35.9 Å². The van der Waals surface area contributed by atoms with Crippen LogP contribution in [0.5, 0.6) is 0 Å². The lowest BCUT2D eigenvalue weighted by molar-refractivity contribution is 0.799. The molecule has 1 aromatic carbocycles. The van der Waals surface area contributed by atoms with Gasteiger partial charge in [0.05, 0.1) is 0 Å². The first-order chi connectivity index (χ1) is 9.78. The third-order valence-corrected chi connectivity index (χ3v) is 3.95. The van der Waals surface area contributed by atoms with Crippen molar-refractivity contribution in [1.29, 1.82) is 0 Å². The second-order valence-corrected chi connectivity index (χ2v) is 5.70. The fourth-order valence-corrected chi connectivity index (χ4v) is 2.70. The zero-order chi connectivity index (χ0) is 14.2. The molecule has 0 aliphatic heterocycles. The normalized spacial score (nSPS) is 11.4. The van der Waals surface area contributed by atoms with E-state index >= 15 is 0 Å². The van der Waals surface area contributed by atoms with E-state index < -0.39 is 0 Å². The Morgan fingerprint density at radius 2 is 2.10 bits per heavy atom. The molecule has 0 fully saturated rings. The van der Waals surface area contributed by atoms with Gasteiger partial charge in [-0.3, -0.25) is 4.99 Å². The molecule has 2 aromatic rings. The molecule has 2 rings (SSSR count). The first-order valence-electron chi connectivity index (χ1n) is 6.80. The fourth-order valence-electron chi connectivity index (χ4n) is 1.99. The molecule has 1 heterocycles. The zero-order valence-corrected chi connectivity index (χ0v) is 12.8. The molecule has 0 saturated carbocycles. The molecule has 0 spiro atoms. The third-order valence-electron chi connectivity index (χ3n) is 3.01. The average Bonchev–Trinajstić information content (AvgIpc) is 2.96. The van der Waals surface area contributed by atoms with Crippen LogP contribution in [-0.2, 0) is 13.0 Å². The number of nitrogens with one attached hydrogen (secondary N) is 2. The molecular weight excluding hydrogens is 266 g/mol. The van der Waals surface area contributed by atoms with E-state index in [1.165, 1.54) is 16.0 Å². The standard InChI is InChI=1S/C16H21N3S/c1-13-5-3-6-14(11-13)12-19-16(17-2)18-9-8-15-7-4-10-20-15/h3-7,10-11H,8-9,12H2,1-2H3,(H2,17,18,19). The summed E-state index contributed by atoms with van der Waals surface area (Å²) in [7, 11) is 1.80. The van der Waals surface area contributed by atoms with Gasteiger partial charge in [-0.15, -0.1) is 11.3 Å². The molecule has 0 aliphatic rings. The van der Waals surface area contributed by atoms with Gasteiger partial charge >= 0.3 is 0 Å². The highest BCUT2D eigenvalue weighted by molar-refractivity contribution is 7.09. The van der Waals surface area contributed by atoms with Crippen LogP contribution in [0, 0.1) is 6.92 Å². The Balaban J connectivity index is 1.75. The fraction of sp³-hybridized carbons (Fsp3) is 0.312. The molecule has 0 unspecified atom stereocenters. The number of thiophene rings is 1. The summed E-state index contributed by atoms with van der Waals surface area (Å²) < 4.78 is 0. The topological polar surface area (TPSA) is 36.4 Å². The number of hydrogen-bond acceptors (Lipinski definition) is 2. The summed E-state index contributed by atoms with van der Waals surface area (Å²) in [6, 6.07) is 12.8. The van der Waals surface area contributed by atoms with Crippen LogP contribution in [0.2, 0.25) is 0 Å². The van der Waals surface area contributed by atoms with Gasteiger partial charge in [0.25, 0.3) is 0 Å². The molecule has 0 aliphatic carbocycles. The molecule has 0 atom stereocenters. The van der Waals surface area contributed by atoms with Crippen molar-refractivity contribution in [3.8, 4) is 0 Å². The van der Waals surface area contributed by atoms with Crippen molar-refractivity contribution in [2.24, 2.45) is 4.99 Å². The molecule has 4 heteroatoms. The zero-order valence-electron chi connectivity index (χ0n) is 12.0. The van der Waals surface area contributed by atoms with Crippen LogP contribution in [0.25, 0.3) is 0 Å². The van der Waals surface area contributed by atoms with Crippen LogP contribution >= 0.6 is 11.3 Å². The summed E-state index contributed by atoms with van der Waals surface area (Å²) in [6.45, 7) is 3.80. The number of rotatable bonds is 5. The smallest absolute Gasteiger partial charge is 0.191 e. The highest BCUT2D eigenvalue weighted by Gasteiger charge is 1.99. The van der Waals surface area contributed by atoms with E-state index in [4.69, 9.17) is 0 Å². The Hall–Kier alpha value is -1.81. The number of aliphatic imine (C=N–C) groups is 1. The minimum Gasteiger partial charge on any atom is -0.356 e. The van der Waals surface area contributed by atoms with Crippen LogP contribution in [0.3, 0.4) is 0 Å². The number of nitrogens with zero attached hydrogens (tertiary/aromatic N) is 1. The van der Waals surface area contributed by atoms with Crippen LogP contribution in [0.15, 0.2) is 46.8 Å². The molecule has 0 saturated heterocycles. The number of benzene rings is 1. The lowest BCUT2D eigenvalue weighted by Gasteiger charge is -2.11. The molecular formula is C16H21N3S. The summed E-state index contributed by atoms with van der Waals surface area (Å²) in [5.41, 5.74) is 2.55. The number of aryl methyl sites for hydroxylation is 1. The van der Waals surface area contributed by atoms with Crippen molar-refractivity contribution in [3.05, 3.63) is 57.8 Å². The van der Waals surface area contributed by atoms with E-state index in [9.17, 15) is 0 Å². The maximum atomic E-state index is 4.24. The quantitative estimate of drug-likeness (QED) is 0.655. The Bertz CT molecular complexity index is 547. The predicted molar refractivity (Wildman–Crippen MR) is 87.4 cm³/mol. The Kier molecular flexibility index (Phi) is 5.62. The lowest BCUT2D eigenvalue weighted by Crippen LogP contribution is -2.37. The van der Waals surface area contributed by atoms with Crippen LogP contribution in [-0.4, -0.2) is 19.6 Å². The van der Waals surface area contributed by atoms with Crippen molar-refractivity contribution in [2.75, 3.05) is 13.6 Å². The van der Waals surface area contributed by atoms with Gasteiger partial charge in [0.15, 0.2) is 5.96 Å². The van der Waals surface area contributed by atoms with Crippen molar-refractivity contribution >= 4 is 17.3 Å². The summed E-state index contributed by atoms with van der Waals surface area (Å²) in [4.78, 5) is 5.64. The highest BCUT2D eigenvalue weighted by atomic mass is 32.1. The minimum atomic E-state index is 0.792. The average molecular weight is 287 g/mol. The maximum Gasteiger partial charge on any atom is 0.191 e. The highest BCUT2D eigenvalue weighted by Crippen LogP contribution is 2.08. The summed E-state index contributed by atoms with van der Waals surface area (Å²) >= 11 is 1.79. The Morgan fingerprint density at radius 1 is 1.20 bits per heavy atom. The van der Waals surface area contributed by atoms with Crippen molar-refractivity contribution in [2.45, 2.75) is 19.9 Å². The van der Waals surface area contributed by atoms with Gasteiger partial charge in [-0.2, -0.15) is 0 Å². The molecule has 0 amide bonds. The molecule has 20 heavy (non-hydrogen) atoms. The molecule has 2 N–H and O–H groups in total. The minimum absolute atomic E-state index is 0.792. The molecule has 3 nitrogen and oxygen atoms in total. The summed E-state index contributed by atoms with van der Waals surface area (Å²) in [5, 5.41) is 8.78. The molecule has 0 radical (unpaired) electrons. The Labute approximate surface area is 124 Å². The van der Waals surface area contributed by atoms with Crippen LogP contribution < -0.4 is 10.6 Å². The second kappa shape index (κ2) is 7.70. The van der Waals surface area contributed by atoms with E-state index in [1.54, 1.807) is 18.4 Å². The lowest BCUT2D eigenvalue weighted by atomic mass is 10.1. The monoisotopic (exact) mass is 287 g/mol. The maximum absolute atomic E-state index is 4.24. The molecule has 0 bridgehead atoms. The first kappa shape index (κ1) is 14.6. The number of guanidine groups is 1. The molecule has 1 aromatic heterocycles. The van der Waals surface area contributed by atoms with E-state index in [-0.39, 0.29) is 0 Å². The second-order valence-electron chi connectivity index (χ2n) is 4.67. The summed E-state index contributed by atoms with van der Waals surface area (Å²) in [5.74, 6) is 0.850. The SMILES string of the molecule is CN=C(NCCc1cccs1)NCc1cccc(C)c1. The van der Waals surface area contributed by atoms with E-state index in [0.29, 0.717) is 0 Å². The van der Waals surface area contributed by atoms with E-state index in [2.05, 4.69) is 64.3 Å². The van der Waals surface area contributed by atoms with Gasteiger partial charge in [-0.25, -0.2) is 0 Å². The largest absolute Gasteiger partial charge is 0.356 e. The van der Waals surface area contributed by atoms with E-state index in [1.807, 2.05) is 0 Å². The van der Waals surface area contributed by atoms with Crippen molar-refractivity contribution < 1.29 is 0 Å². The first-order valence-corrected chi connectivity index (χ1v) is 7.68. The third kappa shape index (κ3) is 4.70. The van der Waals surface area contributed by atoms with Gasteiger partial charge in [-0.05, 0) is 30.4 Å². The van der Waals surface area contributed by atoms with Crippen LogP contribution in [0.1, 0.15) is 16.0 Å². The van der Waals surface area contributed by atoms with Crippen molar-refractivity contribution in [3.63, 3.8) is 0 Å². The predicted octanol–water partition coefficient (Wildman–Crippen LogP) is 2.96. The molecule has 106 valence electrons. The van der Waals surface area contributed by atoms with Crippen molar-refractivity contribution in [1.82, 2.24) is 10.6 Å². The number of hydrogen-bond donors (Lipinski definition) is 2. The summed E-state index contributed by atoms with van der Waals surface area (Å²) in [6.07, 6.45) is 1.03. The van der Waals surface area contributed by atoms with Gasteiger partial charge in [0, 0.05) is 25.0 Å². The van der Waals surface area contributed by atoms with Gasteiger partial charge in [0.2, 0.25) is 0 Å². The van der Waals surface area contributed by atoms with Gasteiger partial charge < -0.3 is 10.6 Å².